The lowest BCUT2D eigenvalue weighted by molar-refractivity contribution is 0.112. The summed E-state index contributed by atoms with van der Waals surface area (Å²) in [5.74, 6) is 0.106. The smallest absolute Gasteiger partial charge is 0.150 e. The molecule has 3 nitrogen and oxygen atoms in total. The van der Waals surface area contributed by atoms with Gasteiger partial charge in [0.25, 0.3) is 0 Å². The maximum absolute atomic E-state index is 14.2. The average Bonchev–Trinajstić information content (AvgIpc) is 2.84. The molecule has 1 N–H and O–H groups in total. The van der Waals surface area contributed by atoms with Gasteiger partial charge >= 0.3 is 0 Å². The maximum Gasteiger partial charge on any atom is 0.150 e. The molecule has 0 fully saturated rings. The van der Waals surface area contributed by atoms with Gasteiger partial charge in [-0.2, -0.15) is 10.9 Å². The molecule has 0 aromatic heterocycles. The summed E-state index contributed by atoms with van der Waals surface area (Å²) in [4.78, 5) is 11.7. The highest BCUT2D eigenvalue weighted by Gasteiger charge is 2.28. The molecule has 0 saturated carbocycles. The summed E-state index contributed by atoms with van der Waals surface area (Å²) >= 11 is -1.21. The van der Waals surface area contributed by atoms with E-state index in [0.29, 0.717) is 21.9 Å². The SMILES string of the molecule is CC(C)(C)[S+]([O-])NC[SH]1C=CC(F)=C1c1ccccc1C=O. The number of nitrogens with one attached hydrogen (secondary N) is 1. The van der Waals surface area contributed by atoms with E-state index in [4.69, 9.17) is 0 Å². The minimum atomic E-state index is -1.21. The molecule has 0 radical (unpaired) electrons. The highest BCUT2D eigenvalue weighted by molar-refractivity contribution is 8.27. The number of hydrogen-bond acceptors (Lipinski definition) is 3. The molecular formula is C16H20FNO2S2. The van der Waals surface area contributed by atoms with Crippen LogP contribution < -0.4 is 4.72 Å². The fraction of sp³-hybridized carbons (Fsp3) is 0.312. The van der Waals surface area contributed by atoms with Crippen molar-refractivity contribution >= 4 is 33.4 Å². The van der Waals surface area contributed by atoms with E-state index in [1.807, 2.05) is 20.8 Å². The van der Waals surface area contributed by atoms with Crippen LogP contribution in [0.25, 0.3) is 4.91 Å². The van der Waals surface area contributed by atoms with Crippen LogP contribution in [0.2, 0.25) is 0 Å². The Morgan fingerprint density at radius 3 is 2.68 bits per heavy atom. The summed E-state index contributed by atoms with van der Waals surface area (Å²) in [6.07, 6.45) is 2.17. The second-order valence-corrected chi connectivity index (χ2v) is 9.92. The normalized spacial score (nSPS) is 21.2. The number of rotatable bonds is 5. The molecule has 120 valence electrons. The zero-order chi connectivity index (χ0) is 16.3. The van der Waals surface area contributed by atoms with Gasteiger partial charge in [-0.1, -0.05) is 24.3 Å². The molecule has 6 heteroatoms. The molecule has 0 amide bonds. The summed E-state index contributed by atoms with van der Waals surface area (Å²) in [5, 5.41) is 1.80. The Balaban J connectivity index is 2.20. The predicted molar refractivity (Wildman–Crippen MR) is 93.9 cm³/mol. The van der Waals surface area contributed by atoms with Crippen LogP contribution in [0.15, 0.2) is 41.6 Å². The molecule has 1 aromatic carbocycles. The topological polar surface area (TPSA) is 52.2 Å². The van der Waals surface area contributed by atoms with Crippen LogP contribution >= 0.6 is 10.9 Å². The number of halogens is 1. The molecule has 0 bridgehead atoms. The summed E-state index contributed by atoms with van der Waals surface area (Å²) in [6, 6.07) is 6.97. The Labute approximate surface area is 136 Å². The molecule has 22 heavy (non-hydrogen) atoms. The Kier molecular flexibility index (Phi) is 5.50. The number of aldehydes is 1. The molecule has 1 heterocycles. The lowest BCUT2D eigenvalue weighted by Gasteiger charge is -2.26. The first-order valence-electron chi connectivity index (χ1n) is 6.89. The number of thiol groups is 1. The minimum absolute atomic E-state index is 0.316. The molecule has 2 unspecified atom stereocenters. The van der Waals surface area contributed by atoms with Crippen molar-refractivity contribution in [1.82, 2.24) is 4.72 Å². The zero-order valence-electron chi connectivity index (χ0n) is 12.8. The first kappa shape index (κ1) is 17.3. The molecule has 1 aliphatic heterocycles. The fourth-order valence-corrected chi connectivity index (χ4v) is 5.07. The van der Waals surface area contributed by atoms with Crippen LogP contribution in [0.3, 0.4) is 0 Å². The van der Waals surface area contributed by atoms with Crippen molar-refractivity contribution < 1.29 is 13.7 Å². The molecular weight excluding hydrogens is 321 g/mol. The molecule has 2 atom stereocenters. The first-order chi connectivity index (χ1) is 10.3. The van der Waals surface area contributed by atoms with Crippen LogP contribution in [-0.4, -0.2) is 21.5 Å². The molecule has 0 aliphatic carbocycles. The third-order valence-electron chi connectivity index (χ3n) is 3.18. The van der Waals surface area contributed by atoms with E-state index < -0.39 is 22.3 Å². The number of carbonyl (C=O) groups excluding carboxylic acids is 1. The van der Waals surface area contributed by atoms with Gasteiger partial charge in [-0.15, -0.1) is 4.72 Å². The summed E-state index contributed by atoms with van der Waals surface area (Å²) in [5.41, 5.74) is 1.09. The van der Waals surface area contributed by atoms with E-state index >= 15 is 0 Å². The van der Waals surface area contributed by atoms with E-state index in [1.54, 1.807) is 29.7 Å². The van der Waals surface area contributed by atoms with E-state index in [1.165, 1.54) is 6.08 Å². The molecule has 2 rings (SSSR count). The van der Waals surface area contributed by atoms with Gasteiger partial charge < -0.3 is 4.55 Å². The van der Waals surface area contributed by atoms with Gasteiger partial charge in [0.15, 0.2) is 6.29 Å². The van der Waals surface area contributed by atoms with Crippen LogP contribution in [-0.2, 0) is 11.4 Å². The van der Waals surface area contributed by atoms with Crippen molar-refractivity contribution in [1.29, 1.82) is 0 Å². The monoisotopic (exact) mass is 341 g/mol. The van der Waals surface area contributed by atoms with Crippen LogP contribution in [0.1, 0.15) is 36.7 Å². The standard InChI is InChI=1S/C16H20FNO2S2/c1-16(2,3)22(20)18-11-21-9-8-14(17)15(21)13-7-5-4-6-12(13)10-19/h4-10,18,21H,11H2,1-3H3. The number of allylic oxidation sites excluding steroid dienone is 2. The Bertz CT molecular complexity index is 623. The Morgan fingerprint density at radius 2 is 2.05 bits per heavy atom. The number of benzene rings is 1. The zero-order valence-corrected chi connectivity index (χ0v) is 14.5. The average molecular weight is 341 g/mol. The van der Waals surface area contributed by atoms with Gasteiger partial charge in [0.1, 0.15) is 10.6 Å². The van der Waals surface area contributed by atoms with Gasteiger partial charge in [0, 0.05) is 27.4 Å². The van der Waals surface area contributed by atoms with Gasteiger partial charge in [-0.3, -0.25) is 4.79 Å². The van der Waals surface area contributed by atoms with E-state index in [2.05, 4.69) is 4.72 Å². The van der Waals surface area contributed by atoms with Gasteiger partial charge in [0.2, 0.25) is 0 Å². The number of carbonyl (C=O) groups is 1. The summed E-state index contributed by atoms with van der Waals surface area (Å²) in [7, 11) is -0.965. The third-order valence-corrected chi connectivity index (χ3v) is 6.95. The van der Waals surface area contributed by atoms with Gasteiger partial charge in [-0.05, 0) is 32.3 Å². The minimum Gasteiger partial charge on any atom is -0.598 e. The van der Waals surface area contributed by atoms with Crippen molar-refractivity contribution in [2.24, 2.45) is 0 Å². The first-order valence-corrected chi connectivity index (χ1v) is 9.64. The Hall–Kier alpha value is -1.08. The summed E-state index contributed by atoms with van der Waals surface area (Å²) in [6.45, 7) is 5.65. The molecule has 1 aromatic rings. The second kappa shape index (κ2) is 7.00. The molecule has 1 aliphatic rings. The van der Waals surface area contributed by atoms with Crippen molar-refractivity contribution in [3.05, 3.63) is 52.7 Å². The second-order valence-electron chi connectivity index (χ2n) is 5.87. The molecule has 0 spiro atoms. The van der Waals surface area contributed by atoms with Crippen molar-refractivity contribution in [2.45, 2.75) is 25.5 Å². The van der Waals surface area contributed by atoms with Crippen LogP contribution in [0.4, 0.5) is 4.39 Å². The highest BCUT2D eigenvalue weighted by Crippen LogP contribution is 2.50. The van der Waals surface area contributed by atoms with Gasteiger partial charge in [-0.25, -0.2) is 4.39 Å². The lowest BCUT2D eigenvalue weighted by atomic mass is 10.1. The number of hydrogen-bond donors (Lipinski definition) is 2. The highest BCUT2D eigenvalue weighted by atomic mass is 32.2. The lowest BCUT2D eigenvalue weighted by Crippen LogP contribution is -2.39. The third kappa shape index (κ3) is 3.81. The Morgan fingerprint density at radius 1 is 1.36 bits per heavy atom. The largest absolute Gasteiger partial charge is 0.598 e. The maximum atomic E-state index is 14.2. The van der Waals surface area contributed by atoms with Crippen molar-refractivity contribution in [2.75, 3.05) is 5.88 Å². The van der Waals surface area contributed by atoms with Crippen LogP contribution in [0, 0.1) is 0 Å². The fourth-order valence-electron chi connectivity index (χ4n) is 2.02. The van der Waals surface area contributed by atoms with Crippen LogP contribution in [0.5, 0.6) is 0 Å². The van der Waals surface area contributed by atoms with E-state index in [0.717, 1.165) is 6.29 Å². The van der Waals surface area contributed by atoms with E-state index in [-0.39, 0.29) is 10.6 Å². The quantitative estimate of drug-likeness (QED) is 0.488. The molecule has 0 saturated heterocycles. The summed E-state index contributed by atoms with van der Waals surface area (Å²) < 4.78 is 28.9. The van der Waals surface area contributed by atoms with E-state index in [9.17, 15) is 13.7 Å². The van der Waals surface area contributed by atoms with Crippen molar-refractivity contribution in [3.8, 4) is 0 Å². The van der Waals surface area contributed by atoms with Gasteiger partial charge in [0.05, 0.1) is 5.88 Å². The predicted octanol–water partition coefficient (Wildman–Crippen LogP) is 3.68. The van der Waals surface area contributed by atoms with Crippen molar-refractivity contribution in [3.63, 3.8) is 0 Å².